The third-order valence-corrected chi connectivity index (χ3v) is 5.85. The van der Waals surface area contributed by atoms with Gasteiger partial charge in [-0.2, -0.15) is 0 Å². The number of aryl methyl sites for hydroxylation is 1. The number of imidazole rings is 1. The van der Waals surface area contributed by atoms with E-state index in [1.807, 2.05) is 69.2 Å². The van der Waals surface area contributed by atoms with E-state index in [4.69, 9.17) is 27.1 Å². The van der Waals surface area contributed by atoms with Crippen molar-refractivity contribution in [3.8, 4) is 17.3 Å². The van der Waals surface area contributed by atoms with E-state index in [0.717, 1.165) is 29.8 Å². The van der Waals surface area contributed by atoms with E-state index in [1.165, 1.54) is 0 Å². The van der Waals surface area contributed by atoms with Gasteiger partial charge in [-0.25, -0.2) is 15.0 Å². The molecule has 178 valence electrons. The van der Waals surface area contributed by atoms with Gasteiger partial charge in [0.05, 0.1) is 35.2 Å². The molecule has 0 atom stereocenters. The maximum Gasteiger partial charge on any atom is 0.227 e. The molecule has 9 nitrogen and oxygen atoms in total. The lowest BCUT2D eigenvalue weighted by Crippen LogP contribution is -2.29. The molecule has 4 rings (SSSR count). The second-order valence-corrected chi connectivity index (χ2v) is 8.79. The average Bonchev–Trinajstić information content (AvgIpc) is 3.13. The maximum absolute atomic E-state index is 6.39. The molecule has 2 aromatic carbocycles. The minimum Gasteiger partial charge on any atom is -0.494 e. The highest BCUT2D eigenvalue weighted by atomic mass is 35.5. The topological polar surface area (TPSA) is 97.4 Å². The number of nitrogens with one attached hydrogen (secondary N) is 1. The van der Waals surface area contributed by atoms with Crippen LogP contribution in [0, 0.1) is 0 Å². The molecule has 10 heteroatoms. The Hall–Kier alpha value is -3.56. The number of aromatic nitrogens is 4. The number of anilines is 4. The Kier molecular flexibility index (Phi) is 6.76. The number of nitrogens with zero attached hydrogens (tertiary/aromatic N) is 6. The lowest BCUT2D eigenvalue weighted by atomic mass is 10.2. The summed E-state index contributed by atoms with van der Waals surface area (Å²) in [4.78, 5) is 18.0. The van der Waals surface area contributed by atoms with E-state index in [2.05, 4.69) is 25.1 Å². The molecular weight excluding hydrogens is 452 g/mol. The smallest absolute Gasteiger partial charge is 0.227 e. The molecule has 0 aliphatic heterocycles. The van der Waals surface area contributed by atoms with Crippen molar-refractivity contribution in [1.29, 1.82) is 0 Å². The molecule has 0 aliphatic carbocycles. The van der Waals surface area contributed by atoms with Crippen LogP contribution in [0.5, 0.6) is 5.75 Å². The molecule has 2 aromatic heterocycles. The molecular formula is C24H29ClN8O. The summed E-state index contributed by atoms with van der Waals surface area (Å²) >= 11 is 6.16. The van der Waals surface area contributed by atoms with Gasteiger partial charge in [-0.15, -0.1) is 0 Å². The van der Waals surface area contributed by atoms with Crippen molar-refractivity contribution >= 4 is 45.6 Å². The van der Waals surface area contributed by atoms with E-state index in [-0.39, 0.29) is 0 Å². The monoisotopic (exact) mass is 480 g/mol. The number of hydrogen-bond acceptors (Lipinski definition) is 8. The molecule has 3 N–H and O–H groups in total. The van der Waals surface area contributed by atoms with E-state index in [0.29, 0.717) is 39.6 Å². The Morgan fingerprint density at radius 2 is 1.88 bits per heavy atom. The van der Waals surface area contributed by atoms with Gasteiger partial charge in [-0.1, -0.05) is 11.6 Å². The fourth-order valence-corrected chi connectivity index (χ4v) is 3.88. The summed E-state index contributed by atoms with van der Waals surface area (Å²) in [6.07, 6.45) is 1.69. The highest BCUT2D eigenvalue weighted by molar-refractivity contribution is 6.31. The Morgan fingerprint density at radius 3 is 2.62 bits per heavy atom. The molecule has 0 spiro atoms. The number of nitrogens with two attached hydrogens (primary N) is 1. The minimum atomic E-state index is 0.411. The van der Waals surface area contributed by atoms with E-state index >= 15 is 0 Å². The summed E-state index contributed by atoms with van der Waals surface area (Å²) in [5, 5.41) is 3.90. The third kappa shape index (κ3) is 4.85. The van der Waals surface area contributed by atoms with Crippen LogP contribution in [-0.2, 0) is 7.05 Å². The first-order valence-electron chi connectivity index (χ1n) is 10.8. The van der Waals surface area contributed by atoms with Crippen molar-refractivity contribution in [2.75, 3.05) is 57.3 Å². The van der Waals surface area contributed by atoms with Crippen LogP contribution in [0.15, 0.2) is 42.6 Å². The van der Waals surface area contributed by atoms with Gasteiger partial charge in [0.15, 0.2) is 5.82 Å². The summed E-state index contributed by atoms with van der Waals surface area (Å²) in [6.45, 7) is 1.74. The van der Waals surface area contributed by atoms with E-state index < -0.39 is 0 Å². The van der Waals surface area contributed by atoms with Crippen LogP contribution in [0.2, 0.25) is 5.02 Å². The summed E-state index contributed by atoms with van der Waals surface area (Å²) in [5.74, 6) is 1.77. The number of halogens is 1. The number of fused-ring (bicyclic) bond motifs is 1. The largest absolute Gasteiger partial charge is 0.494 e. The van der Waals surface area contributed by atoms with Crippen LogP contribution in [0.25, 0.3) is 22.6 Å². The first-order valence-corrected chi connectivity index (χ1v) is 11.2. The van der Waals surface area contributed by atoms with Gasteiger partial charge < -0.3 is 30.2 Å². The highest BCUT2D eigenvalue weighted by Crippen LogP contribution is 2.36. The zero-order valence-corrected chi connectivity index (χ0v) is 20.8. The molecule has 2 heterocycles. The third-order valence-electron chi connectivity index (χ3n) is 5.62. The Balaban J connectivity index is 1.63. The van der Waals surface area contributed by atoms with Crippen molar-refractivity contribution < 1.29 is 4.74 Å². The zero-order valence-electron chi connectivity index (χ0n) is 20.0. The predicted octanol–water partition coefficient (Wildman–Crippen LogP) is 4.02. The first kappa shape index (κ1) is 23.6. The second kappa shape index (κ2) is 9.74. The standard InChI is InChI=1S/C24H29ClN8O/c1-31(2)10-11-32(3)20-14-22(34-5)19(13-16(20)26)30-24-27-9-8-18(29-24)23-28-17-7-6-15(25)12-21(17)33(23)4/h6-9,12-14H,10-11,26H2,1-5H3,(H,27,29,30). The predicted molar refractivity (Wildman–Crippen MR) is 139 cm³/mol. The lowest BCUT2D eigenvalue weighted by Gasteiger charge is -2.24. The molecule has 0 saturated carbocycles. The summed E-state index contributed by atoms with van der Waals surface area (Å²) < 4.78 is 7.60. The van der Waals surface area contributed by atoms with Crippen LogP contribution in [0.1, 0.15) is 0 Å². The van der Waals surface area contributed by atoms with E-state index in [9.17, 15) is 0 Å². The van der Waals surface area contributed by atoms with Crippen molar-refractivity contribution in [1.82, 2.24) is 24.4 Å². The lowest BCUT2D eigenvalue weighted by molar-refractivity contribution is 0.413. The molecule has 0 saturated heterocycles. The Bertz CT molecular complexity index is 1320. The molecule has 0 radical (unpaired) electrons. The highest BCUT2D eigenvalue weighted by Gasteiger charge is 2.15. The van der Waals surface area contributed by atoms with Gasteiger partial charge >= 0.3 is 0 Å². The van der Waals surface area contributed by atoms with Gasteiger partial charge in [0.2, 0.25) is 5.95 Å². The van der Waals surface area contributed by atoms with Crippen molar-refractivity contribution in [3.63, 3.8) is 0 Å². The van der Waals surface area contributed by atoms with Crippen LogP contribution >= 0.6 is 11.6 Å². The minimum absolute atomic E-state index is 0.411. The summed E-state index contributed by atoms with van der Waals surface area (Å²) in [7, 11) is 9.66. The Labute approximate surface area is 204 Å². The average molecular weight is 481 g/mol. The Morgan fingerprint density at radius 1 is 1.09 bits per heavy atom. The normalized spacial score (nSPS) is 11.3. The fraction of sp³-hybridized carbons (Fsp3) is 0.292. The number of methoxy groups -OCH3 is 1. The molecule has 0 fully saturated rings. The molecule has 0 amide bonds. The first-order chi connectivity index (χ1) is 16.3. The maximum atomic E-state index is 6.39. The van der Waals surface area contributed by atoms with Crippen molar-refractivity contribution in [3.05, 3.63) is 47.6 Å². The van der Waals surface area contributed by atoms with Gasteiger partial charge in [0, 0.05) is 44.5 Å². The van der Waals surface area contributed by atoms with Crippen molar-refractivity contribution in [2.45, 2.75) is 0 Å². The molecule has 0 bridgehead atoms. The van der Waals surface area contributed by atoms with E-state index in [1.54, 1.807) is 13.3 Å². The van der Waals surface area contributed by atoms with Gasteiger partial charge in [-0.3, -0.25) is 0 Å². The molecule has 34 heavy (non-hydrogen) atoms. The number of hydrogen-bond donors (Lipinski definition) is 2. The van der Waals surface area contributed by atoms with Crippen molar-refractivity contribution in [2.24, 2.45) is 7.05 Å². The molecule has 4 aromatic rings. The molecule has 0 unspecified atom stereocenters. The summed E-state index contributed by atoms with van der Waals surface area (Å²) in [5.41, 5.74) is 11.1. The van der Waals surface area contributed by atoms with Gasteiger partial charge in [0.25, 0.3) is 0 Å². The number of benzene rings is 2. The SMILES string of the molecule is COc1cc(N(C)CCN(C)C)c(N)cc1Nc1nccc(-c2nc3ccc(Cl)cc3n2C)n1. The van der Waals surface area contributed by atoms with Gasteiger partial charge in [-0.05, 0) is 44.4 Å². The fourth-order valence-electron chi connectivity index (χ4n) is 3.71. The van der Waals surface area contributed by atoms with Crippen LogP contribution in [-0.4, -0.2) is 65.8 Å². The van der Waals surface area contributed by atoms with Crippen LogP contribution in [0.4, 0.5) is 23.0 Å². The molecule has 0 aliphatic rings. The quantitative estimate of drug-likeness (QED) is 0.365. The van der Waals surface area contributed by atoms with Crippen LogP contribution in [0.3, 0.4) is 0 Å². The number of nitrogen functional groups attached to an aromatic ring is 1. The second-order valence-electron chi connectivity index (χ2n) is 8.35. The summed E-state index contributed by atoms with van der Waals surface area (Å²) in [6, 6.07) is 11.2. The zero-order chi connectivity index (χ0) is 24.4. The number of ether oxygens (including phenoxy) is 1. The number of likely N-dealkylation sites (N-methyl/N-ethyl adjacent to an activating group) is 2. The number of rotatable bonds is 8. The van der Waals surface area contributed by atoms with Crippen LogP contribution < -0.4 is 20.7 Å². The van der Waals surface area contributed by atoms with Gasteiger partial charge in [0.1, 0.15) is 11.4 Å².